The molecule has 0 aliphatic heterocycles. The van der Waals surface area contributed by atoms with Gasteiger partial charge in [-0.25, -0.2) is 5.84 Å². The first-order valence-electron chi connectivity index (χ1n) is 7.32. The molecule has 1 aromatic rings. The number of nitrogens with two attached hydrogens (primary N) is 1. The Balaban J connectivity index is 1.98. The van der Waals surface area contributed by atoms with Crippen molar-refractivity contribution in [1.29, 1.82) is 0 Å². The van der Waals surface area contributed by atoms with Gasteiger partial charge in [-0.1, -0.05) is 26.7 Å². The maximum absolute atomic E-state index is 5.43. The van der Waals surface area contributed by atoms with E-state index in [9.17, 15) is 0 Å². The second kappa shape index (κ2) is 7.23. The highest BCUT2D eigenvalue weighted by molar-refractivity contribution is 5.34. The highest BCUT2D eigenvalue weighted by Gasteiger charge is 2.23. The second-order valence-electron chi connectivity index (χ2n) is 5.31. The van der Waals surface area contributed by atoms with Crippen LogP contribution >= 0.6 is 0 Å². The molecule has 0 spiro atoms. The molecule has 1 aromatic heterocycles. The second-order valence-corrected chi connectivity index (χ2v) is 5.31. The van der Waals surface area contributed by atoms with E-state index in [1.807, 2.05) is 6.92 Å². The van der Waals surface area contributed by atoms with E-state index in [1.54, 1.807) is 0 Å². The quantitative estimate of drug-likeness (QED) is 0.517. The van der Waals surface area contributed by atoms with Crippen LogP contribution < -0.4 is 21.3 Å². The first kappa shape index (κ1) is 14.8. The molecule has 0 radical (unpaired) electrons. The van der Waals surface area contributed by atoms with Crippen LogP contribution in [0.3, 0.4) is 0 Å². The monoisotopic (exact) mass is 280 g/mol. The number of nitrogens with zero attached hydrogens (tertiary/aromatic N) is 3. The van der Waals surface area contributed by atoms with Gasteiger partial charge in [0.1, 0.15) is 0 Å². The number of rotatable bonds is 7. The fourth-order valence-electron chi connectivity index (χ4n) is 2.51. The van der Waals surface area contributed by atoms with Gasteiger partial charge >= 0.3 is 6.01 Å². The number of nitrogens with one attached hydrogen (secondary N) is 2. The molecule has 20 heavy (non-hydrogen) atoms. The lowest BCUT2D eigenvalue weighted by Crippen LogP contribution is -2.19. The van der Waals surface area contributed by atoms with Crippen molar-refractivity contribution >= 4 is 11.9 Å². The average Bonchev–Trinajstić information content (AvgIpc) is 2.88. The highest BCUT2D eigenvalue weighted by atomic mass is 16.5. The van der Waals surface area contributed by atoms with Gasteiger partial charge in [0.05, 0.1) is 6.61 Å². The molecule has 7 nitrogen and oxygen atoms in total. The van der Waals surface area contributed by atoms with E-state index >= 15 is 0 Å². The van der Waals surface area contributed by atoms with Crippen molar-refractivity contribution in [3.8, 4) is 6.01 Å². The minimum Gasteiger partial charge on any atom is -0.463 e. The highest BCUT2D eigenvalue weighted by Crippen LogP contribution is 2.31. The van der Waals surface area contributed by atoms with E-state index in [0.717, 1.165) is 18.9 Å². The Morgan fingerprint density at radius 1 is 1.25 bits per heavy atom. The Morgan fingerprint density at radius 3 is 2.70 bits per heavy atom. The molecule has 1 saturated carbocycles. The summed E-state index contributed by atoms with van der Waals surface area (Å²) in [7, 11) is 0. The SMILES string of the molecule is CCCOc1nc(NN)nc(NCC2CCCC2C)n1. The molecule has 0 bridgehead atoms. The Labute approximate surface area is 119 Å². The fraction of sp³-hybridized carbons (Fsp3) is 0.769. The van der Waals surface area contributed by atoms with Crippen LogP contribution in [-0.2, 0) is 0 Å². The van der Waals surface area contributed by atoms with E-state index in [1.165, 1.54) is 19.3 Å². The van der Waals surface area contributed by atoms with Crippen LogP contribution in [-0.4, -0.2) is 28.1 Å². The summed E-state index contributed by atoms with van der Waals surface area (Å²) < 4.78 is 5.43. The summed E-state index contributed by atoms with van der Waals surface area (Å²) in [6.07, 6.45) is 4.79. The van der Waals surface area contributed by atoms with Gasteiger partial charge in [0, 0.05) is 6.54 Å². The van der Waals surface area contributed by atoms with Crippen molar-refractivity contribution in [3.05, 3.63) is 0 Å². The van der Waals surface area contributed by atoms with Crippen LogP contribution in [0.1, 0.15) is 39.5 Å². The fourth-order valence-corrected chi connectivity index (χ4v) is 2.51. The third-order valence-electron chi connectivity index (χ3n) is 3.74. The average molecular weight is 280 g/mol. The van der Waals surface area contributed by atoms with Gasteiger partial charge in [-0.2, -0.15) is 15.0 Å². The standard InChI is InChI=1S/C13H24N6O/c1-3-7-20-13-17-11(16-12(18-13)19-14)15-8-10-6-4-5-9(10)2/h9-10H,3-8,14H2,1-2H3,(H2,15,16,17,18,19). The van der Waals surface area contributed by atoms with E-state index in [0.29, 0.717) is 30.4 Å². The van der Waals surface area contributed by atoms with Gasteiger partial charge in [0.2, 0.25) is 11.9 Å². The number of hydrogen-bond donors (Lipinski definition) is 3. The molecule has 0 aromatic carbocycles. The van der Waals surface area contributed by atoms with Gasteiger partial charge in [0.15, 0.2) is 0 Å². The van der Waals surface area contributed by atoms with Crippen LogP contribution in [0.25, 0.3) is 0 Å². The zero-order valence-electron chi connectivity index (χ0n) is 12.2. The molecule has 2 rings (SSSR count). The summed E-state index contributed by atoms with van der Waals surface area (Å²) in [5, 5.41) is 3.27. The normalized spacial score (nSPS) is 21.8. The first-order chi connectivity index (χ1) is 9.72. The minimum atomic E-state index is 0.303. The summed E-state index contributed by atoms with van der Waals surface area (Å²) in [5.74, 6) is 7.63. The maximum atomic E-state index is 5.43. The van der Waals surface area contributed by atoms with E-state index in [-0.39, 0.29) is 0 Å². The number of hydrazine groups is 1. The maximum Gasteiger partial charge on any atom is 0.323 e. The minimum absolute atomic E-state index is 0.303. The largest absolute Gasteiger partial charge is 0.463 e. The Kier molecular flexibility index (Phi) is 5.34. The molecule has 4 N–H and O–H groups in total. The van der Waals surface area contributed by atoms with Crippen molar-refractivity contribution in [3.63, 3.8) is 0 Å². The zero-order valence-corrected chi connectivity index (χ0v) is 12.2. The lowest BCUT2D eigenvalue weighted by Gasteiger charge is -2.16. The molecule has 1 aliphatic carbocycles. The zero-order chi connectivity index (χ0) is 14.4. The molecule has 2 atom stereocenters. The third kappa shape index (κ3) is 3.93. The lowest BCUT2D eigenvalue weighted by atomic mass is 9.98. The predicted octanol–water partition coefficient (Wildman–Crippen LogP) is 1.79. The topological polar surface area (TPSA) is 98.0 Å². The molecule has 0 amide bonds. The number of nitrogen functional groups attached to an aromatic ring is 1. The Hall–Kier alpha value is -1.63. The third-order valence-corrected chi connectivity index (χ3v) is 3.74. The van der Waals surface area contributed by atoms with Gasteiger partial charge in [0.25, 0.3) is 0 Å². The predicted molar refractivity (Wildman–Crippen MR) is 78.4 cm³/mol. The summed E-state index contributed by atoms with van der Waals surface area (Å²) in [6, 6.07) is 0.303. The van der Waals surface area contributed by atoms with E-state index in [2.05, 4.69) is 32.6 Å². The first-order valence-corrected chi connectivity index (χ1v) is 7.32. The summed E-state index contributed by atoms with van der Waals surface area (Å²) >= 11 is 0. The van der Waals surface area contributed by atoms with Crippen molar-refractivity contribution < 1.29 is 4.74 Å². The van der Waals surface area contributed by atoms with Gasteiger partial charge in [-0.15, -0.1) is 0 Å². The van der Waals surface area contributed by atoms with Gasteiger partial charge < -0.3 is 10.1 Å². The van der Waals surface area contributed by atoms with Crippen LogP contribution in [0.15, 0.2) is 0 Å². The Bertz CT molecular complexity index is 427. The smallest absolute Gasteiger partial charge is 0.323 e. The Morgan fingerprint density at radius 2 is 2.05 bits per heavy atom. The number of hydrogen-bond acceptors (Lipinski definition) is 7. The van der Waals surface area contributed by atoms with Crippen molar-refractivity contribution in [2.24, 2.45) is 17.7 Å². The molecule has 112 valence electrons. The van der Waals surface area contributed by atoms with Crippen molar-refractivity contribution in [2.75, 3.05) is 23.9 Å². The van der Waals surface area contributed by atoms with Gasteiger partial charge in [-0.3, -0.25) is 5.43 Å². The molecule has 1 heterocycles. The molecule has 2 unspecified atom stereocenters. The molecule has 0 saturated heterocycles. The van der Waals surface area contributed by atoms with Crippen LogP contribution in [0.4, 0.5) is 11.9 Å². The molecular weight excluding hydrogens is 256 g/mol. The van der Waals surface area contributed by atoms with E-state index < -0.39 is 0 Å². The van der Waals surface area contributed by atoms with Crippen LogP contribution in [0, 0.1) is 11.8 Å². The van der Waals surface area contributed by atoms with E-state index in [4.69, 9.17) is 10.6 Å². The molecule has 1 fully saturated rings. The number of ether oxygens (including phenoxy) is 1. The van der Waals surface area contributed by atoms with Crippen molar-refractivity contribution in [2.45, 2.75) is 39.5 Å². The molecule has 7 heteroatoms. The van der Waals surface area contributed by atoms with Crippen LogP contribution in [0.2, 0.25) is 0 Å². The lowest BCUT2D eigenvalue weighted by molar-refractivity contribution is 0.292. The molecule has 1 aliphatic rings. The summed E-state index contributed by atoms with van der Waals surface area (Å²) in [5.41, 5.74) is 2.44. The number of anilines is 2. The summed E-state index contributed by atoms with van der Waals surface area (Å²) in [6.45, 7) is 5.79. The molecular formula is C13H24N6O. The van der Waals surface area contributed by atoms with Crippen LogP contribution in [0.5, 0.6) is 6.01 Å². The summed E-state index contributed by atoms with van der Waals surface area (Å²) in [4.78, 5) is 12.5. The van der Waals surface area contributed by atoms with Crippen molar-refractivity contribution in [1.82, 2.24) is 15.0 Å². The van der Waals surface area contributed by atoms with Gasteiger partial charge in [-0.05, 0) is 24.7 Å². The number of aromatic nitrogens is 3.